The van der Waals surface area contributed by atoms with E-state index in [9.17, 15) is 4.79 Å². The highest BCUT2D eigenvalue weighted by molar-refractivity contribution is 5.94. The fourth-order valence-electron chi connectivity index (χ4n) is 4.46. The lowest BCUT2D eigenvalue weighted by molar-refractivity contribution is 0.0828. The van der Waals surface area contributed by atoms with Crippen LogP contribution < -0.4 is 10.1 Å². The molecule has 0 spiro atoms. The number of carbonyl (C=O) groups excluding carboxylic acids is 1. The molecule has 2 bridgehead atoms. The van der Waals surface area contributed by atoms with Crippen LogP contribution in [0.1, 0.15) is 41.6 Å². The van der Waals surface area contributed by atoms with E-state index in [1.165, 1.54) is 18.4 Å². The van der Waals surface area contributed by atoms with Gasteiger partial charge in [-0.05, 0) is 55.5 Å². The summed E-state index contributed by atoms with van der Waals surface area (Å²) in [5.74, 6) is 0.794. The van der Waals surface area contributed by atoms with E-state index >= 15 is 0 Å². The van der Waals surface area contributed by atoms with Crippen molar-refractivity contribution < 1.29 is 9.53 Å². The second kappa shape index (κ2) is 7.50. The number of benzene rings is 2. The van der Waals surface area contributed by atoms with Crippen molar-refractivity contribution in [3.8, 4) is 5.75 Å². The number of carbonyl (C=O) groups is 1. The Bertz CT molecular complexity index is 730. The summed E-state index contributed by atoms with van der Waals surface area (Å²) >= 11 is 0. The first kappa shape index (κ1) is 17.1. The van der Waals surface area contributed by atoms with Crippen molar-refractivity contribution in [1.82, 2.24) is 10.2 Å². The zero-order valence-corrected chi connectivity index (χ0v) is 15.2. The van der Waals surface area contributed by atoms with Crippen LogP contribution in [-0.2, 0) is 6.54 Å². The molecule has 2 fully saturated rings. The predicted molar refractivity (Wildman–Crippen MR) is 102 cm³/mol. The fraction of sp³-hybridized carbons (Fsp3) is 0.409. The maximum absolute atomic E-state index is 12.6. The van der Waals surface area contributed by atoms with Gasteiger partial charge in [-0.1, -0.05) is 30.3 Å². The van der Waals surface area contributed by atoms with Gasteiger partial charge in [0.05, 0.1) is 7.11 Å². The molecule has 2 aliphatic heterocycles. The Balaban J connectivity index is 1.36. The number of hydrogen-bond acceptors (Lipinski definition) is 3. The molecule has 0 aliphatic carbocycles. The van der Waals surface area contributed by atoms with Crippen molar-refractivity contribution in [3.05, 3.63) is 65.7 Å². The molecule has 2 aromatic rings. The van der Waals surface area contributed by atoms with E-state index in [0.29, 0.717) is 17.6 Å². The molecule has 4 rings (SSSR count). The van der Waals surface area contributed by atoms with E-state index in [-0.39, 0.29) is 11.9 Å². The van der Waals surface area contributed by atoms with Crippen LogP contribution in [0, 0.1) is 0 Å². The van der Waals surface area contributed by atoms with Crippen molar-refractivity contribution in [1.29, 1.82) is 0 Å². The minimum Gasteiger partial charge on any atom is -0.497 e. The van der Waals surface area contributed by atoms with Gasteiger partial charge in [-0.25, -0.2) is 0 Å². The first-order valence-electron chi connectivity index (χ1n) is 9.47. The molecule has 136 valence electrons. The summed E-state index contributed by atoms with van der Waals surface area (Å²) in [6.07, 6.45) is 4.58. The number of hydrogen-bond donors (Lipinski definition) is 1. The van der Waals surface area contributed by atoms with Crippen LogP contribution in [0.25, 0.3) is 0 Å². The molecular weight excluding hydrogens is 324 g/mol. The molecule has 0 saturated carbocycles. The van der Waals surface area contributed by atoms with E-state index in [0.717, 1.165) is 25.1 Å². The quantitative estimate of drug-likeness (QED) is 0.895. The van der Waals surface area contributed by atoms with Crippen molar-refractivity contribution in [3.63, 3.8) is 0 Å². The molecule has 0 radical (unpaired) electrons. The number of nitrogens with one attached hydrogen (secondary N) is 1. The van der Waals surface area contributed by atoms with Gasteiger partial charge in [-0.3, -0.25) is 9.69 Å². The summed E-state index contributed by atoms with van der Waals surface area (Å²) < 4.78 is 5.16. The highest BCUT2D eigenvalue weighted by Crippen LogP contribution is 2.36. The third kappa shape index (κ3) is 3.61. The minimum atomic E-state index is 0.0218. The second-order valence-corrected chi connectivity index (χ2v) is 7.41. The van der Waals surface area contributed by atoms with Crippen LogP contribution in [0.3, 0.4) is 0 Å². The Hall–Kier alpha value is -2.33. The van der Waals surface area contributed by atoms with Crippen LogP contribution in [0.5, 0.6) is 5.75 Å². The first-order chi connectivity index (χ1) is 12.7. The topological polar surface area (TPSA) is 41.6 Å². The van der Waals surface area contributed by atoms with Gasteiger partial charge in [-0.15, -0.1) is 0 Å². The van der Waals surface area contributed by atoms with Crippen LogP contribution in [0.4, 0.5) is 0 Å². The number of ether oxygens (including phenoxy) is 1. The molecule has 2 aromatic carbocycles. The van der Waals surface area contributed by atoms with Crippen LogP contribution in [0.15, 0.2) is 54.6 Å². The lowest BCUT2D eigenvalue weighted by atomic mass is 9.96. The summed E-state index contributed by atoms with van der Waals surface area (Å²) in [5, 5.41) is 3.25. The molecule has 2 aliphatic rings. The Morgan fingerprint density at radius 1 is 1.04 bits per heavy atom. The van der Waals surface area contributed by atoms with Crippen molar-refractivity contribution in [2.24, 2.45) is 0 Å². The van der Waals surface area contributed by atoms with E-state index in [4.69, 9.17) is 4.74 Å². The molecule has 1 amide bonds. The predicted octanol–water partition coefficient (Wildman–Crippen LogP) is 3.62. The maximum atomic E-state index is 12.6. The van der Waals surface area contributed by atoms with E-state index in [1.807, 2.05) is 24.3 Å². The molecule has 2 saturated heterocycles. The van der Waals surface area contributed by atoms with Crippen molar-refractivity contribution in [2.45, 2.75) is 50.4 Å². The lowest BCUT2D eigenvalue weighted by Gasteiger charge is -2.39. The number of methoxy groups -OCH3 is 1. The molecule has 1 unspecified atom stereocenters. The normalized spacial score (nSPS) is 25.0. The average Bonchev–Trinajstić information content (AvgIpc) is 2.91. The highest BCUT2D eigenvalue weighted by Gasteiger charge is 2.40. The molecule has 1 N–H and O–H groups in total. The van der Waals surface area contributed by atoms with Crippen LogP contribution in [0.2, 0.25) is 0 Å². The number of amides is 1. The van der Waals surface area contributed by atoms with Gasteiger partial charge in [0.25, 0.3) is 5.91 Å². The van der Waals surface area contributed by atoms with E-state index < -0.39 is 0 Å². The SMILES string of the molecule is COc1ccc(C(=O)NC2C[C@H]3CC[C@@H](C2)N3Cc2ccccc2)cc1. The number of piperidine rings is 1. The van der Waals surface area contributed by atoms with Crippen molar-refractivity contribution >= 4 is 5.91 Å². The van der Waals surface area contributed by atoms with Gasteiger partial charge >= 0.3 is 0 Å². The highest BCUT2D eigenvalue weighted by atomic mass is 16.5. The van der Waals surface area contributed by atoms with Gasteiger partial charge in [0.15, 0.2) is 0 Å². The third-order valence-electron chi connectivity index (χ3n) is 5.78. The molecular formula is C22H26N2O2. The zero-order valence-electron chi connectivity index (χ0n) is 15.2. The molecule has 4 heteroatoms. The molecule has 26 heavy (non-hydrogen) atoms. The van der Waals surface area contributed by atoms with Crippen LogP contribution in [-0.4, -0.2) is 36.0 Å². The monoisotopic (exact) mass is 350 g/mol. The average molecular weight is 350 g/mol. The molecule has 4 nitrogen and oxygen atoms in total. The summed E-state index contributed by atoms with van der Waals surface area (Å²) in [4.78, 5) is 15.2. The molecule has 0 aromatic heterocycles. The Morgan fingerprint density at radius 3 is 2.31 bits per heavy atom. The maximum Gasteiger partial charge on any atom is 0.251 e. The standard InChI is InChI=1S/C22H26N2O2/c1-26-21-11-7-17(8-12-21)22(25)23-18-13-19-9-10-20(14-18)24(19)15-16-5-3-2-4-6-16/h2-8,11-12,18-20H,9-10,13-15H2,1H3,(H,23,25)/t18?,19-,20+. The molecule has 2 heterocycles. The van der Waals surface area contributed by atoms with Gasteiger partial charge in [-0.2, -0.15) is 0 Å². The Labute approximate surface area is 155 Å². The summed E-state index contributed by atoms with van der Waals surface area (Å²) in [5.41, 5.74) is 2.08. The van der Waals surface area contributed by atoms with Gasteiger partial charge in [0.1, 0.15) is 5.75 Å². The van der Waals surface area contributed by atoms with Gasteiger partial charge in [0.2, 0.25) is 0 Å². The molecule has 3 atom stereocenters. The van der Waals surface area contributed by atoms with E-state index in [1.54, 1.807) is 7.11 Å². The smallest absolute Gasteiger partial charge is 0.251 e. The van der Waals surface area contributed by atoms with Gasteiger partial charge < -0.3 is 10.1 Å². The zero-order chi connectivity index (χ0) is 17.9. The third-order valence-corrected chi connectivity index (χ3v) is 5.78. The fourth-order valence-corrected chi connectivity index (χ4v) is 4.46. The minimum absolute atomic E-state index is 0.0218. The Morgan fingerprint density at radius 2 is 1.69 bits per heavy atom. The van der Waals surface area contributed by atoms with Crippen LogP contribution >= 0.6 is 0 Å². The van der Waals surface area contributed by atoms with E-state index in [2.05, 4.69) is 40.5 Å². The first-order valence-corrected chi connectivity index (χ1v) is 9.47. The largest absolute Gasteiger partial charge is 0.497 e. The summed E-state index contributed by atoms with van der Waals surface area (Å²) in [6.45, 7) is 1.02. The second-order valence-electron chi connectivity index (χ2n) is 7.41. The Kier molecular flexibility index (Phi) is 4.93. The van der Waals surface area contributed by atoms with Gasteiger partial charge in [0, 0.05) is 30.2 Å². The van der Waals surface area contributed by atoms with Crippen molar-refractivity contribution in [2.75, 3.05) is 7.11 Å². The number of rotatable bonds is 5. The lowest BCUT2D eigenvalue weighted by Crippen LogP contribution is -2.49. The number of fused-ring (bicyclic) bond motifs is 2. The summed E-state index contributed by atoms with van der Waals surface area (Å²) in [7, 11) is 1.63. The number of nitrogens with zero attached hydrogens (tertiary/aromatic N) is 1. The summed E-state index contributed by atoms with van der Waals surface area (Å²) in [6, 6.07) is 19.5.